The molecule has 4 heterocycles. The highest BCUT2D eigenvalue weighted by Crippen LogP contribution is 2.35. The van der Waals surface area contributed by atoms with Crippen LogP contribution >= 0.6 is 11.8 Å². The van der Waals surface area contributed by atoms with Crippen LogP contribution in [0.1, 0.15) is 29.3 Å². The van der Waals surface area contributed by atoms with Gasteiger partial charge in [-0.05, 0) is 42.3 Å². The highest BCUT2D eigenvalue weighted by atomic mass is 32.2. The van der Waals surface area contributed by atoms with Crippen molar-refractivity contribution in [2.24, 2.45) is 5.10 Å². The molecule has 0 fully saturated rings. The van der Waals surface area contributed by atoms with E-state index in [0.29, 0.717) is 5.82 Å². The Bertz CT molecular complexity index is 1340. The molecule has 0 amide bonds. The Labute approximate surface area is 202 Å². The Morgan fingerprint density at radius 1 is 1.09 bits per heavy atom. The highest BCUT2D eigenvalue weighted by Gasteiger charge is 2.30. The maximum atomic E-state index is 5.31. The van der Waals surface area contributed by atoms with E-state index >= 15 is 0 Å². The molecule has 2 aliphatic rings. The molecule has 6 rings (SSSR count). The number of hydrogen-bond acceptors (Lipinski definition) is 7. The molecule has 8 nitrogen and oxygen atoms in total. The number of ether oxygens (including phenoxy) is 1. The van der Waals surface area contributed by atoms with Crippen LogP contribution in [0.5, 0.6) is 5.75 Å². The lowest BCUT2D eigenvalue weighted by Gasteiger charge is -2.27. The molecule has 172 valence electrons. The van der Waals surface area contributed by atoms with E-state index in [1.807, 2.05) is 28.9 Å². The maximum Gasteiger partial charge on any atom is 0.213 e. The van der Waals surface area contributed by atoms with Crippen LogP contribution in [0.2, 0.25) is 0 Å². The minimum Gasteiger partial charge on any atom is -0.497 e. The van der Waals surface area contributed by atoms with Crippen LogP contribution in [0.25, 0.3) is 11.5 Å². The Hall–Kier alpha value is -3.43. The van der Waals surface area contributed by atoms with Crippen LogP contribution < -0.4 is 4.74 Å². The summed E-state index contributed by atoms with van der Waals surface area (Å²) >= 11 is 1.66. The van der Waals surface area contributed by atoms with Crippen molar-refractivity contribution in [3.63, 3.8) is 0 Å². The second-order valence-corrected chi connectivity index (χ2v) is 9.88. The van der Waals surface area contributed by atoms with E-state index in [4.69, 9.17) is 9.84 Å². The van der Waals surface area contributed by atoms with Crippen molar-refractivity contribution >= 4 is 17.5 Å². The number of aromatic nitrogens is 5. The molecule has 2 aliphatic heterocycles. The summed E-state index contributed by atoms with van der Waals surface area (Å²) in [5, 5.41) is 22.8. The van der Waals surface area contributed by atoms with Gasteiger partial charge in [-0.3, -0.25) is 10.00 Å². The van der Waals surface area contributed by atoms with E-state index in [1.54, 1.807) is 18.9 Å². The lowest BCUT2D eigenvalue weighted by molar-refractivity contribution is 0.245. The molecular formula is C25H25N7OS. The van der Waals surface area contributed by atoms with Gasteiger partial charge in [0.1, 0.15) is 11.4 Å². The fraction of sp³-hybridized carbons (Fsp3) is 0.280. The SMILES string of the molecule is COc1ccc(C2=Nn3c(nnc3-c3n[nH]c4c3CN(Cc3ccccc3)CC4)SC2C)cc1. The summed E-state index contributed by atoms with van der Waals surface area (Å²) in [6, 6.07) is 18.6. The molecule has 0 aliphatic carbocycles. The van der Waals surface area contributed by atoms with Crippen LogP contribution in [-0.2, 0) is 19.5 Å². The van der Waals surface area contributed by atoms with Gasteiger partial charge in [-0.1, -0.05) is 42.1 Å². The fourth-order valence-electron chi connectivity index (χ4n) is 4.55. The van der Waals surface area contributed by atoms with Gasteiger partial charge in [-0.15, -0.1) is 10.2 Å². The van der Waals surface area contributed by atoms with Gasteiger partial charge in [0, 0.05) is 37.3 Å². The first-order valence-corrected chi connectivity index (χ1v) is 12.3. The standard InChI is InChI=1S/C25H25N7OS/c1-16-22(18-8-10-19(33-2)11-9-18)30-32-24(28-29-25(32)34-16)23-20-15-31(13-12-21(20)26-27-23)14-17-6-4-3-5-7-17/h3-11,16H,12-15H2,1-2H3,(H,26,27). The number of fused-ring (bicyclic) bond motifs is 2. The normalized spacial score (nSPS) is 17.7. The molecule has 0 saturated carbocycles. The predicted octanol–water partition coefficient (Wildman–Crippen LogP) is 3.98. The molecule has 1 unspecified atom stereocenters. The number of aromatic amines is 1. The third kappa shape index (κ3) is 3.80. The van der Waals surface area contributed by atoms with Crippen LogP contribution in [0, 0.1) is 0 Å². The molecule has 0 bridgehead atoms. The lowest BCUT2D eigenvalue weighted by Crippen LogP contribution is -2.30. The van der Waals surface area contributed by atoms with Gasteiger partial charge < -0.3 is 4.74 Å². The monoisotopic (exact) mass is 471 g/mol. The fourth-order valence-corrected chi connectivity index (χ4v) is 5.47. The largest absolute Gasteiger partial charge is 0.497 e. The summed E-state index contributed by atoms with van der Waals surface area (Å²) in [6.07, 6.45) is 0.933. The highest BCUT2D eigenvalue weighted by molar-refractivity contribution is 8.00. The van der Waals surface area contributed by atoms with Crippen molar-refractivity contribution in [1.29, 1.82) is 0 Å². The zero-order valence-electron chi connectivity index (χ0n) is 19.1. The smallest absolute Gasteiger partial charge is 0.213 e. The minimum absolute atomic E-state index is 0.160. The van der Waals surface area contributed by atoms with E-state index in [1.165, 1.54) is 16.8 Å². The Kier molecular flexibility index (Phi) is 5.43. The van der Waals surface area contributed by atoms with Crippen molar-refractivity contribution in [2.45, 2.75) is 36.8 Å². The number of thioether (sulfide) groups is 1. The molecule has 2 aromatic heterocycles. The molecule has 34 heavy (non-hydrogen) atoms. The van der Waals surface area contributed by atoms with Gasteiger partial charge in [0.2, 0.25) is 11.0 Å². The molecule has 9 heteroatoms. The van der Waals surface area contributed by atoms with Crippen LogP contribution in [0.15, 0.2) is 64.9 Å². The summed E-state index contributed by atoms with van der Waals surface area (Å²) in [7, 11) is 1.67. The first-order valence-electron chi connectivity index (χ1n) is 11.4. The summed E-state index contributed by atoms with van der Waals surface area (Å²) in [6.45, 7) is 4.87. The Balaban J connectivity index is 1.33. The molecule has 1 N–H and O–H groups in total. The maximum absolute atomic E-state index is 5.31. The van der Waals surface area contributed by atoms with Gasteiger partial charge in [-0.2, -0.15) is 14.9 Å². The molecule has 2 aromatic carbocycles. The molecule has 0 spiro atoms. The molecule has 1 atom stereocenters. The molecule has 4 aromatic rings. The van der Waals surface area contributed by atoms with E-state index in [2.05, 4.69) is 62.6 Å². The van der Waals surface area contributed by atoms with Crippen LogP contribution in [0.4, 0.5) is 0 Å². The third-order valence-electron chi connectivity index (χ3n) is 6.35. The van der Waals surface area contributed by atoms with Gasteiger partial charge in [0.25, 0.3) is 0 Å². The van der Waals surface area contributed by atoms with Gasteiger partial charge in [0.15, 0.2) is 0 Å². The number of methoxy groups -OCH3 is 1. The zero-order valence-corrected chi connectivity index (χ0v) is 19.9. The number of rotatable bonds is 5. The van der Waals surface area contributed by atoms with Crippen molar-refractivity contribution in [2.75, 3.05) is 13.7 Å². The molecule has 0 radical (unpaired) electrons. The van der Waals surface area contributed by atoms with Gasteiger partial charge in [-0.25, -0.2) is 0 Å². The number of benzene rings is 2. The quantitative estimate of drug-likeness (QED) is 0.474. The van der Waals surface area contributed by atoms with Crippen LogP contribution in [0.3, 0.4) is 0 Å². The number of hydrogen-bond donors (Lipinski definition) is 1. The lowest BCUT2D eigenvalue weighted by atomic mass is 10.0. The first-order chi connectivity index (χ1) is 16.7. The second-order valence-electron chi connectivity index (χ2n) is 8.57. The minimum atomic E-state index is 0.160. The number of H-pyrrole nitrogens is 1. The predicted molar refractivity (Wildman–Crippen MR) is 132 cm³/mol. The summed E-state index contributed by atoms with van der Waals surface area (Å²) in [4.78, 5) is 2.45. The topological polar surface area (TPSA) is 84.2 Å². The van der Waals surface area contributed by atoms with Crippen molar-refractivity contribution in [3.8, 4) is 17.3 Å². The Morgan fingerprint density at radius 3 is 2.71 bits per heavy atom. The number of nitrogens with zero attached hydrogens (tertiary/aromatic N) is 6. The first kappa shape index (κ1) is 21.1. The second kappa shape index (κ2) is 8.73. The van der Waals surface area contributed by atoms with Crippen molar-refractivity contribution in [3.05, 3.63) is 77.0 Å². The summed E-state index contributed by atoms with van der Waals surface area (Å²) < 4.78 is 7.15. The van der Waals surface area contributed by atoms with E-state index in [0.717, 1.165) is 53.9 Å². The zero-order chi connectivity index (χ0) is 23.1. The summed E-state index contributed by atoms with van der Waals surface area (Å²) in [5.74, 6) is 1.51. The van der Waals surface area contributed by atoms with E-state index in [-0.39, 0.29) is 5.25 Å². The van der Waals surface area contributed by atoms with E-state index in [9.17, 15) is 0 Å². The number of nitrogens with one attached hydrogen (secondary N) is 1. The van der Waals surface area contributed by atoms with Gasteiger partial charge >= 0.3 is 0 Å². The van der Waals surface area contributed by atoms with Gasteiger partial charge in [0.05, 0.1) is 18.1 Å². The third-order valence-corrected chi connectivity index (χ3v) is 7.39. The average molecular weight is 472 g/mol. The Morgan fingerprint density at radius 2 is 1.91 bits per heavy atom. The van der Waals surface area contributed by atoms with E-state index < -0.39 is 0 Å². The molecular weight excluding hydrogens is 446 g/mol. The average Bonchev–Trinajstić information content (AvgIpc) is 3.47. The van der Waals surface area contributed by atoms with Crippen molar-refractivity contribution < 1.29 is 4.74 Å². The van der Waals surface area contributed by atoms with Crippen LogP contribution in [-0.4, -0.2) is 54.6 Å². The summed E-state index contributed by atoms with van der Waals surface area (Å²) in [5.41, 5.74) is 6.55. The molecule has 0 saturated heterocycles. The van der Waals surface area contributed by atoms with Crippen molar-refractivity contribution in [1.82, 2.24) is 30.0 Å².